The van der Waals surface area contributed by atoms with Gasteiger partial charge in [-0.25, -0.2) is 4.98 Å². The van der Waals surface area contributed by atoms with Gasteiger partial charge in [-0.15, -0.1) is 0 Å². The standard InChI is InChI=1S/C21H19N3O/c1-2-15-8-7-9-16(14-15)23-20-17-10-3-4-11-18(17)21(25)24(20)19-12-5-6-13-22-19/h3-14,20,23H,2H2,1H3. The van der Waals surface area contributed by atoms with Crippen LogP contribution in [0.25, 0.3) is 0 Å². The molecule has 1 N–H and O–H groups in total. The van der Waals surface area contributed by atoms with E-state index in [0.717, 1.165) is 23.2 Å². The van der Waals surface area contributed by atoms with Crippen molar-refractivity contribution in [2.75, 3.05) is 10.2 Å². The molecule has 0 saturated carbocycles. The Kier molecular flexibility index (Phi) is 3.94. The highest BCUT2D eigenvalue weighted by Crippen LogP contribution is 2.37. The van der Waals surface area contributed by atoms with Crippen LogP contribution in [0, 0.1) is 0 Å². The monoisotopic (exact) mass is 329 g/mol. The Balaban J connectivity index is 1.77. The van der Waals surface area contributed by atoms with Gasteiger partial charge in [0.05, 0.1) is 0 Å². The van der Waals surface area contributed by atoms with Gasteiger partial charge in [0.1, 0.15) is 12.0 Å². The molecule has 4 heteroatoms. The van der Waals surface area contributed by atoms with Gasteiger partial charge < -0.3 is 5.32 Å². The largest absolute Gasteiger partial charge is 0.361 e. The fourth-order valence-corrected chi connectivity index (χ4v) is 3.23. The average molecular weight is 329 g/mol. The van der Waals surface area contributed by atoms with Crippen molar-refractivity contribution in [2.45, 2.75) is 19.5 Å². The van der Waals surface area contributed by atoms with Crippen LogP contribution < -0.4 is 10.2 Å². The number of hydrogen-bond acceptors (Lipinski definition) is 3. The first-order valence-electron chi connectivity index (χ1n) is 8.47. The second kappa shape index (κ2) is 6.40. The molecule has 0 fully saturated rings. The third kappa shape index (κ3) is 2.76. The molecule has 4 nitrogen and oxygen atoms in total. The first kappa shape index (κ1) is 15.4. The van der Waals surface area contributed by atoms with E-state index in [1.165, 1.54) is 5.56 Å². The average Bonchev–Trinajstić information content (AvgIpc) is 2.95. The molecule has 4 rings (SSSR count). The quantitative estimate of drug-likeness (QED) is 0.771. The molecule has 0 radical (unpaired) electrons. The van der Waals surface area contributed by atoms with Crippen LogP contribution in [0.4, 0.5) is 11.5 Å². The van der Waals surface area contributed by atoms with Crippen LogP contribution in [-0.2, 0) is 6.42 Å². The van der Waals surface area contributed by atoms with Crippen molar-refractivity contribution in [3.8, 4) is 0 Å². The van der Waals surface area contributed by atoms with Gasteiger partial charge in [0.15, 0.2) is 0 Å². The number of aromatic nitrogens is 1. The summed E-state index contributed by atoms with van der Waals surface area (Å²) in [6.07, 6.45) is 2.41. The minimum atomic E-state index is -0.272. The molecule has 124 valence electrons. The molecule has 25 heavy (non-hydrogen) atoms. The number of carbonyl (C=O) groups excluding carboxylic acids is 1. The zero-order valence-corrected chi connectivity index (χ0v) is 14.0. The van der Waals surface area contributed by atoms with E-state index < -0.39 is 0 Å². The molecule has 1 amide bonds. The number of carbonyl (C=O) groups is 1. The Morgan fingerprint density at radius 1 is 1.04 bits per heavy atom. The predicted octanol–water partition coefficient (Wildman–Crippen LogP) is 4.42. The number of aryl methyl sites for hydroxylation is 1. The van der Waals surface area contributed by atoms with E-state index in [9.17, 15) is 4.79 Å². The van der Waals surface area contributed by atoms with Crippen molar-refractivity contribution >= 4 is 17.4 Å². The number of nitrogens with zero attached hydrogens (tertiary/aromatic N) is 2. The van der Waals surface area contributed by atoms with Crippen LogP contribution >= 0.6 is 0 Å². The van der Waals surface area contributed by atoms with Crippen LogP contribution in [0.3, 0.4) is 0 Å². The van der Waals surface area contributed by atoms with Gasteiger partial charge in [-0.1, -0.05) is 43.3 Å². The summed E-state index contributed by atoms with van der Waals surface area (Å²) < 4.78 is 0. The highest BCUT2D eigenvalue weighted by Gasteiger charge is 2.38. The van der Waals surface area contributed by atoms with Crippen molar-refractivity contribution in [1.82, 2.24) is 4.98 Å². The van der Waals surface area contributed by atoms with Crippen LogP contribution in [-0.4, -0.2) is 10.9 Å². The molecular weight excluding hydrogens is 310 g/mol. The lowest BCUT2D eigenvalue weighted by Crippen LogP contribution is -2.32. The van der Waals surface area contributed by atoms with E-state index in [-0.39, 0.29) is 12.1 Å². The van der Waals surface area contributed by atoms with Gasteiger partial charge >= 0.3 is 0 Å². The number of hydrogen-bond donors (Lipinski definition) is 1. The maximum atomic E-state index is 13.0. The van der Waals surface area contributed by atoms with Crippen molar-refractivity contribution in [3.05, 3.63) is 89.6 Å². The first-order valence-corrected chi connectivity index (χ1v) is 8.47. The summed E-state index contributed by atoms with van der Waals surface area (Å²) in [7, 11) is 0. The number of benzene rings is 2. The smallest absolute Gasteiger partial charge is 0.261 e. The normalized spacial score (nSPS) is 16.0. The van der Waals surface area contributed by atoms with E-state index >= 15 is 0 Å². The molecule has 1 atom stereocenters. The lowest BCUT2D eigenvalue weighted by atomic mass is 10.1. The van der Waals surface area contributed by atoms with Crippen molar-refractivity contribution < 1.29 is 4.79 Å². The maximum absolute atomic E-state index is 13.0. The van der Waals surface area contributed by atoms with Gasteiger partial charge in [0.25, 0.3) is 5.91 Å². The summed E-state index contributed by atoms with van der Waals surface area (Å²) in [6, 6.07) is 21.6. The molecule has 3 aromatic rings. The zero-order chi connectivity index (χ0) is 17.2. The number of nitrogens with one attached hydrogen (secondary N) is 1. The Labute approximate surface area is 147 Å². The van der Waals surface area contributed by atoms with Crippen LogP contribution in [0.1, 0.15) is 34.6 Å². The van der Waals surface area contributed by atoms with E-state index in [1.54, 1.807) is 11.1 Å². The van der Waals surface area contributed by atoms with E-state index in [1.807, 2.05) is 54.6 Å². The molecule has 2 aromatic carbocycles. The highest BCUT2D eigenvalue weighted by atomic mass is 16.2. The fraction of sp³-hybridized carbons (Fsp3) is 0.143. The second-order valence-corrected chi connectivity index (χ2v) is 6.05. The van der Waals surface area contributed by atoms with Gasteiger partial charge in [-0.3, -0.25) is 9.69 Å². The summed E-state index contributed by atoms with van der Waals surface area (Å²) in [4.78, 5) is 19.1. The van der Waals surface area contributed by atoms with Crippen LogP contribution in [0.15, 0.2) is 72.9 Å². The number of pyridine rings is 1. The Morgan fingerprint density at radius 2 is 1.88 bits per heavy atom. The van der Waals surface area contributed by atoms with Crippen molar-refractivity contribution in [1.29, 1.82) is 0 Å². The Bertz CT molecular complexity index is 908. The molecule has 0 aliphatic carbocycles. The lowest BCUT2D eigenvalue weighted by Gasteiger charge is -2.26. The molecule has 1 aliphatic rings. The minimum Gasteiger partial charge on any atom is -0.361 e. The topological polar surface area (TPSA) is 45.2 Å². The number of amides is 1. The highest BCUT2D eigenvalue weighted by molar-refractivity contribution is 6.10. The number of fused-ring (bicyclic) bond motifs is 1. The van der Waals surface area contributed by atoms with Crippen molar-refractivity contribution in [2.24, 2.45) is 0 Å². The maximum Gasteiger partial charge on any atom is 0.261 e. The summed E-state index contributed by atoms with van der Waals surface area (Å²) in [5.74, 6) is 0.617. The van der Waals surface area contributed by atoms with E-state index in [4.69, 9.17) is 0 Å². The molecule has 1 unspecified atom stereocenters. The molecule has 0 saturated heterocycles. The summed E-state index contributed by atoms with van der Waals surface area (Å²) in [5, 5.41) is 3.52. The van der Waals surface area contributed by atoms with Gasteiger partial charge in [0.2, 0.25) is 0 Å². The third-order valence-corrected chi connectivity index (χ3v) is 4.50. The molecule has 2 heterocycles. The molecular formula is C21H19N3O. The van der Waals surface area contributed by atoms with Gasteiger partial charge in [0, 0.05) is 23.0 Å². The molecule has 0 bridgehead atoms. The van der Waals surface area contributed by atoms with Gasteiger partial charge in [-0.2, -0.15) is 0 Å². The second-order valence-electron chi connectivity index (χ2n) is 6.05. The number of anilines is 2. The Hall–Kier alpha value is -3.14. The predicted molar refractivity (Wildman–Crippen MR) is 99.7 cm³/mol. The van der Waals surface area contributed by atoms with Gasteiger partial charge in [-0.05, 0) is 42.3 Å². The summed E-state index contributed by atoms with van der Waals surface area (Å²) in [6.45, 7) is 2.13. The van der Waals surface area contributed by atoms with Crippen molar-refractivity contribution in [3.63, 3.8) is 0 Å². The molecule has 1 aromatic heterocycles. The Morgan fingerprint density at radius 3 is 2.68 bits per heavy atom. The summed E-state index contributed by atoms with van der Waals surface area (Å²) in [5.41, 5.74) is 3.94. The lowest BCUT2D eigenvalue weighted by molar-refractivity contribution is 0.0992. The molecule has 1 aliphatic heterocycles. The number of rotatable bonds is 4. The van der Waals surface area contributed by atoms with Crippen LogP contribution in [0.5, 0.6) is 0 Å². The van der Waals surface area contributed by atoms with E-state index in [2.05, 4.69) is 29.4 Å². The third-order valence-electron chi connectivity index (χ3n) is 4.50. The van der Waals surface area contributed by atoms with Crippen LogP contribution in [0.2, 0.25) is 0 Å². The fourth-order valence-electron chi connectivity index (χ4n) is 3.23. The minimum absolute atomic E-state index is 0.0292. The molecule has 0 spiro atoms. The summed E-state index contributed by atoms with van der Waals surface area (Å²) >= 11 is 0. The van der Waals surface area contributed by atoms with E-state index in [0.29, 0.717) is 5.82 Å². The zero-order valence-electron chi connectivity index (χ0n) is 14.0. The first-order chi connectivity index (χ1) is 12.3. The SMILES string of the molecule is CCc1cccc(NC2c3ccccc3C(=O)N2c2ccccn2)c1.